The smallest absolute Gasteiger partial charge is 0.248 e. The zero-order chi connectivity index (χ0) is 23.1. The average Bonchev–Trinajstić information content (AvgIpc) is 3.44. The van der Waals surface area contributed by atoms with E-state index in [1.165, 1.54) is 5.56 Å². The van der Waals surface area contributed by atoms with Crippen LogP contribution in [-0.4, -0.2) is 39.4 Å². The van der Waals surface area contributed by atoms with E-state index < -0.39 is 11.8 Å². The number of nitrogens with zero attached hydrogens (tertiary/aromatic N) is 2. The number of benzene rings is 2. The first-order valence-corrected chi connectivity index (χ1v) is 11.5. The van der Waals surface area contributed by atoms with E-state index in [0.717, 1.165) is 54.2 Å². The zero-order valence-electron chi connectivity index (χ0n) is 18.8. The number of rotatable bonds is 6. The Kier molecular flexibility index (Phi) is 5.42. The highest BCUT2D eigenvalue weighted by Gasteiger charge is 2.28. The van der Waals surface area contributed by atoms with Gasteiger partial charge >= 0.3 is 0 Å². The predicted octanol–water partition coefficient (Wildman–Crippen LogP) is 4.11. The summed E-state index contributed by atoms with van der Waals surface area (Å²) in [5, 5.41) is 2.12. The summed E-state index contributed by atoms with van der Waals surface area (Å²) in [5.41, 5.74) is 15.4. The van der Waals surface area contributed by atoms with Crippen LogP contribution in [0.2, 0.25) is 0 Å². The van der Waals surface area contributed by atoms with E-state index >= 15 is 0 Å². The zero-order valence-corrected chi connectivity index (χ0v) is 18.8. The van der Waals surface area contributed by atoms with Crippen molar-refractivity contribution in [2.45, 2.75) is 38.3 Å². The van der Waals surface area contributed by atoms with Crippen LogP contribution in [0.25, 0.3) is 21.8 Å². The van der Waals surface area contributed by atoms with Crippen molar-refractivity contribution in [3.05, 3.63) is 71.5 Å². The number of likely N-dealkylation sites (tertiary alicyclic amines) is 1. The van der Waals surface area contributed by atoms with Crippen LogP contribution in [0.15, 0.2) is 54.9 Å². The van der Waals surface area contributed by atoms with E-state index in [0.29, 0.717) is 17.2 Å². The molecule has 0 saturated carbocycles. The van der Waals surface area contributed by atoms with Crippen molar-refractivity contribution in [3.63, 3.8) is 0 Å². The minimum atomic E-state index is -0.403. The number of hydrogen-bond acceptors (Lipinski definition) is 3. The molecule has 0 radical (unpaired) electrons. The van der Waals surface area contributed by atoms with E-state index in [1.54, 1.807) is 12.1 Å². The highest BCUT2D eigenvalue weighted by Crippen LogP contribution is 2.36. The summed E-state index contributed by atoms with van der Waals surface area (Å²) < 4.78 is 2.34. The molecule has 1 aliphatic rings. The van der Waals surface area contributed by atoms with Crippen LogP contribution in [0.1, 0.15) is 64.5 Å². The third-order valence-electron chi connectivity index (χ3n) is 7.08. The first kappa shape index (κ1) is 21.3. The van der Waals surface area contributed by atoms with Gasteiger partial charge in [0.15, 0.2) is 0 Å². The Morgan fingerprint density at radius 2 is 1.73 bits per heavy atom. The highest BCUT2D eigenvalue weighted by molar-refractivity contribution is 5.98. The molecule has 2 aromatic carbocycles. The second kappa shape index (κ2) is 8.41. The summed E-state index contributed by atoms with van der Waals surface area (Å²) in [7, 11) is 0. The largest absolute Gasteiger partial charge is 0.366 e. The summed E-state index contributed by atoms with van der Waals surface area (Å²) in [6, 6.07) is 14.0. The van der Waals surface area contributed by atoms with E-state index in [4.69, 9.17) is 11.5 Å². The molecule has 2 amide bonds. The topological polar surface area (TPSA) is 110 Å². The Bertz CT molecular complexity index is 1340. The number of nitrogens with one attached hydrogen (secondary N) is 1. The van der Waals surface area contributed by atoms with Crippen molar-refractivity contribution < 1.29 is 9.59 Å². The highest BCUT2D eigenvalue weighted by atomic mass is 16.1. The van der Waals surface area contributed by atoms with Crippen LogP contribution in [0.5, 0.6) is 0 Å². The van der Waals surface area contributed by atoms with E-state index in [-0.39, 0.29) is 6.04 Å². The number of carbonyl (C=O) groups is 2. The van der Waals surface area contributed by atoms with Crippen LogP contribution in [0, 0.1) is 0 Å². The Balaban J connectivity index is 1.36. The molecule has 7 nitrogen and oxygen atoms in total. The third kappa shape index (κ3) is 3.78. The molecule has 0 aliphatic carbocycles. The fraction of sp³-hybridized carbons (Fsp3) is 0.308. The molecule has 1 fully saturated rings. The molecule has 33 heavy (non-hydrogen) atoms. The SMILES string of the molecule is CCC(c1c[nH]c2ccc(C(N)=O)cc12)N1CCC(n2ccc3cc(C(N)=O)ccc32)CC1. The van der Waals surface area contributed by atoms with Crippen molar-refractivity contribution in [3.8, 4) is 0 Å². The molecular weight excluding hydrogens is 414 g/mol. The third-order valence-corrected chi connectivity index (χ3v) is 7.08. The van der Waals surface area contributed by atoms with Crippen molar-refractivity contribution in [1.82, 2.24) is 14.5 Å². The van der Waals surface area contributed by atoms with Gasteiger partial charge in [-0.2, -0.15) is 0 Å². The van der Waals surface area contributed by atoms with Gasteiger partial charge in [0.2, 0.25) is 11.8 Å². The molecule has 1 saturated heterocycles. The second-order valence-electron chi connectivity index (χ2n) is 8.92. The number of carbonyl (C=O) groups excluding carboxylic acids is 2. The molecule has 1 unspecified atom stereocenters. The predicted molar refractivity (Wildman–Crippen MR) is 130 cm³/mol. The number of nitrogens with two attached hydrogens (primary N) is 2. The summed E-state index contributed by atoms with van der Waals surface area (Å²) in [5.74, 6) is -0.802. The summed E-state index contributed by atoms with van der Waals surface area (Å²) in [4.78, 5) is 29.1. The molecule has 0 bridgehead atoms. The quantitative estimate of drug-likeness (QED) is 0.417. The molecule has 3 heterocycles. The van der Waals surface area contributed by atoms with Gasteiger partial charge in [0.1, 0.15) is 0 Å². The lowest BCUT2D eigenvalue weighted by Crippen LogP contribution is -2.37. The van der Waals surface area contributed by atoms with Crippen LogP contribution < -0.4 is 11.5 Å². The summed E-state index contributed by atoms with van der Waals surface area (Å²) in [6.45, 7) is 4.19. The van der Waals surface area contributed by atoms with Gasteiger partial charge in [-0.15, -0.1) is 0 Å². The van der Waals surface area contributed by atoms with Crippen LogP contribution in [-0.2, 0) is 0 Å². The van der Waals surface area contributed by atoms with Gasteiger partial charge in [-0.25, -0.2) is 0 Å². The van der Waals surface area contributed by atoms with Gasteiger partial charge < -0.3 is 21.0 Å². The maximum absolute atomic E-state index is 11.7. The molecule has 1 aliphatic heterocycles. The Labute approximate surface area is 192 Å². The van der Waals surface area contributed by atoms with Crippen LogP contribution in [0.3, 0.4) is 0 Å². The van der Waals surface area contributed by atoms with Gasteiger partial charge in [-0.3, -0.25) is 14.5 Å². The van der Waals surface area contributed by atoms with Gasteiger partial charge in [0.25, 0.3) is 0 Å². The van der Waals surface area contributed by atoms with E-state index in [1.807, 2.05) is 24.3 Å². The molecule has 4 aromatic rings. The first-order valence-electron chi connectivity index (χ1n) is 11.5. The van der Waals surface area contributed by atoms with Crippen LogP contribution in [0.4, 0.5) is 0 Å². The number of H-pyrrole nitrogens is 1. The fourth-order valence-corrected chi connectivity index (χ4v) is 5.36. The average molecular weight is 444 g/mol. The second-order valence-corrected chi connectivity index (χ2v) is 8.92. The fourth-order valence-electron chi connectivity index (χ4n) is 5.36. The molecule has 7 heteroatoms. The van der Waals surface area contributed by atoms with Crippen LogP contribution >= 0.6 is 0 Å². The normalized spacial score (nSPS) is 16.4. The molecule has 5 rings (SSSR count). The van der Waals surface area contributed by atoms with Gasteiger partial charge in [0, 0.05) is 70.5 Å². The maximum atomic E-state index is 11.7. The molecule has 5 N–H and O–H groups in total. The summed E-state index contributed by atoms with van der Waals surface area (Å²) >= 11 is 0. The number of piperidine rings is 1. The lowest BCUT2D eigenvalue weighted by atomic mass is 9.96. The van der Waals surface area contributed by atoms with Gasteiger partial charge in [-0.1, -0.05) is 6.92 Å². The molecule has 170 valence electrons. The van der Waals surface area contributed by atoms with Crippen molar-refractivity contribution in [2.24, 2.45) is 11.5 Å². The molecule has 2 aromatic heterocycles. The maximum Gasteiger partial charge on any atom is 0.248 e. The molecule has 0 spiro atoms. The van der Waals surface area contributed by atoms with Crippen molar-refractivity contribution in [2.75, 3.05) is 13.1 Å². The number of aromatic amines is 1. The lowest BCUT2D eigenvalue weighted by molar-refractivity contribution is 0.0992. The Morgan fingerprint density at radius 1 is 1.03 bits per heavy atom. The Hall–Kier alpha value is -3.58. The number of amides is 2. The number of hydrogen-bond donors (Lipinski definition) is 3. The standard InChI is InChI=1S/C26H29N5O2/c1-2-23(21-15-29-22-5-3-18(26(28)33)14-20(21)22)30-10-8-19(9-11-30)31-12-7-16-13-17(25(27)32)4-6-24(16)31/h3-7,12-15,19,23,29H,2,8-11H2,1H3,(H2,27,32)(H2,28,33). The number of fused-ring (bicyclic) bond motifs is 2. The molecule has 1 atom stereocenters. The molecular formula is C26H29N5O2. The van der Waals surface area contributed by atoms with Gasteiger partial charge in [0.05, 0.1) is 0 Å². The lowest BCUT2D eigenvalue weighted by Gasteiger charge is -2.38. The number of primary amides is 2. The van der Waals surface area contributed by atoms with E-state index in [9.17, 15) is 9.59 Å². The van der Waals surface area contributed by atoms with Crippen molar-refractivity contribution >= 4 is 33.6 Å². The summed E-state index contributed by atoms with van der Waals surface area (Å²) in [6.07, 6.45) is 7.28. The van der Waals surface area contributed by atoms with Gasteiger partial charge in [-0.05, 0) is 67.3 Å². The van der Waals surface area contributed by atoms with E-state index in [2.05, 4.69) is 39.8 Å². The Morgan fingerprint density at radius 3 is 2.42 bits per heavy atom. The monoisotopic (exact) mass is 443 g/mol. The number of aromatic nitrogens is 2. The first-order chi connectivity index (χ1) is 16.0. The minimum Gasteiger partial charge on any atom is -0.366 e. The van der Waals surface area contributed by atoms with Crippen molar-refractivity contribution in [1.29, 1.82) is 0 Å². The minimum absolute atomic E-state index is 0.280.